The number of aliphatic hydroxyl groups excluding tert-OH is 1. The van der Waals surface area contributed by atoms with Crippen molar-refractivity contribution in [3.63, 3.8) is 0 Å². The average Bonchev–Trinajstić information content (AvgIpc) is 3.14. The molecule has 0 aliphatic carbocycles. The number of piperazine rings is 1. The second-order valence-electron chi connectivity index (χ2n) is 9.34. The lowest BCUT2D eigenvalue weighted by molar-refractivity contribution is -0.122. The molecule has 2 aromatic heterocycles. The molecule has 0 unspecified atom stereocenters. The Morgan fingerprint density at radius 1 is 1.11 bits per heavy atom. The Morgan fingerprint density at radius 2 is 1.86 bits per heavy atom. The number of fused-ring (bicyclic) bond motifs is 1. The van der Waals surface area contributed by atoms with E-state index in [1.165, 1.54) is 24.6 Å². The number of aliphatic hydroxyl groups is 1. The molecule has 2 aliphatic heterocycles. The van der Waals surface area contributed by atoms with Gasteiger partial charge in [0, 0.05) is 45.5 Å². The lowest BCUT2D eigenvalue weighted by atomic mass is 10.1. The van der Waals surface area contributed by atoms with E-state index in [2.05, 4.69) is 16.7 Å². The predicted octanol–water partition coefficient (Wildman–Crippen LogP) is 3.29. The summed E-state index contributed by atoms with van der Waals surface area (Å²) in [5.41, 5.74) is 1.75. The molecule has 36 heavy (non-hydrogen) atoms. The number of carbonyl (C=O) groups excluding carboxylic acids is 1. The van der Waals surface area contributed by atoms with Crippen molar-refractivity contribution >= 4 is 51.7 Å². The van der Waals surface area contributed by atoms with Gasteiger partial charge in [-0.25, -0.2) is 4.98 Å². The molecular formula is C26H35N5O3S2. The van der Waals surface area contributed by atoms with Crippen molar-refractivity contribution in [2.24, 2.45) is 0 Å². The van der Waals surface area contributed by atoms with Gasteiger partial charge in [0.05, 0.1) is 17.1 Å². The molecule has 0 aromatic carbocycles. The molecule has 0 radical (unpaired) electrons. The Morgan fingerprint density at radius 3 is 2.58 bits per heavy atom. The van der Waals surface area contributed by atoms with Gasteiger partial charge in [-0.3, -0.25) is 23.8 Å². The number of aromatic nitrogens is 2. The van der Waals surface area contributed by atoms with E-state index >= 15 is 0 Å². The number of aryl methyl sites for hydroxylation is 1. The first kappa shape index (κ1) is 26.8. The maximum absolute atomic E-state index is 13.7. The summed E-state index contributed by atoms with van der Waals surface area (Å²) in [6.07, 6.45) is 8.95. The standard InChI is InChI=1S/C26H35N5O3S2/c1-3-4-5-6-7-10-31-25(34)21(36-26(31)35)18-20-23(29-14-12-28(13-15-29)16-17-32)27-22-19(2)9-8-11-30(22)24(20)33/h8-9,11,18,32H,3-7,10,12-17H2,1-2H3/b21-18-. The number of amides is 1. The van der Waals surface area contributed by atoms with Gasteiger partial charge >= 0.3 is 0 Å². The van der Waals surface area contributed by atoms with Gasteiger partial charge in [-0.1, -0.05) is 62.7 Å². The quantitative estimate of drug-likeness (QED) is 0.285. The molecule has 1 N–H and O–H groups in total. The molecule has 0 bridgehead atoms. The summed E-state index contributed by atoms with van der Waals surface area (Å²) >= 11 is 6.79. The number of β-amino-alcohol motifs (C(OH)–C–C–N with tert-alkyl or cyclic N) is 1. The van der Waals surface area contributed by atoms with E-state index < -0.39 is 0 Å². The van der Waals surface area contributed by atoms with Crippen molar-refractivity contribution < 1.29 is 9.90 Å². The highest BCUT2D eigenvalue weighted by Crippen LogP contribution is 2.34. The number of thiocarbonyl (C=S) groups is 1. The van der Waals surface area contributed by atoms with E-state index in [1.807, 2.05) is 19.1 Å². The number of hydrogen-bond acceptors (Lipinski definition) is 8. The van der Waals surface area contributed by atoms with Crippen molar-refractivity contribution in [2.45, 2.75) is 46.0 Å². The van der Waals surface area contributed by atoms with Gasteiger partial charge in [0.1, 0.15) is 15.8 Å². The van der Waals surface area contributed by atoms with Crippen molar-refractivity contribution in [2.75, 3.05) is 50.8 Å². The lowest BCUT2D eigenvalue weighted by Crippen LogP contribution is -2.48. The largest absolute Gasteiger partial charge is 0.395 e. The van der Waals surface area contributed by atoms with E-state index in [4.69, 9.17) is 17.2 Å². The normalized spacial score (nSPS) is 18.2. The van der Waals surface area contributed by atoms with Gasteiger partial charge in [0.25, 0.3) is 11.5 Å². The van der Waals surface area contributed by atoms with Crippen LogP contribution in [0.25, 0.3) is 11.7 Å². The van der Waals surface area contributed by atoms with Crippen LogP contribution in [0, 0.1) is 6.92 Å². The fourth-order valence-corrected chi connectivity index (χ4v) is 5.98. The molecule has 2 saturated heterocycles. The molecule has 2 aliphatic rings. The lowest BCUT2D eigenvalue weighted by Gasteiger charge is -2.35. The zero-order valence-electron chi connectivity index (χ0n) is 21.1. The molecule has 4 rings (SSSR count). The average molecular weight is 530 g/mol. The van der Waals surface area contributed by atoms with E-state index in [1.54, 1.807) is 21.6 Å². The van der Waals surface area contributed by atoms with Crippen LogP contribution in [0.4, 0.5) is 5.82 Å². The van der Waals surface area contributed by atoms with E-state index in [-0.39, 0.29) is 18.1 Å². The minimum atomic E-state index is -0.193. The monoisotopic (exact) mass is 529 g/mol. The Bertz CT molecular complexity index is 1200. The summed E-state index contributed by atoms with van der Waals surface area (Å²) in [5, 5.41) is 9.28. The first-order valence-electron chi connectivity index (χ1n) is 12.8. The minimum absolute atomic E-state index is 0.125. The number of hydrogen-bond donors (Lipinski definition) is 1. The Hall–Kier alpha value is -2.27. The number of carbonyl (C=O) groups is 1. The number of thioether (sulfide) groups is 1. The first-order chi connectivity index (χ1) is 17.4. The summed E-state index contributed by atoms with van der Waals surface area (Å²) in [7, 11) is 0. The van der Waals surface area contributed by atoms with Crippen LogP contribution in [0.3, 0.4) is 0 Å². The summed E-state index contributed by atoms with van der Waals surface area (Å²) in [5.74, 6) is 0.468. The second-order valence-corrected chi connectivity index (χ2v) is 11.0. The van der Waals surface area contributed by atoms with Crippen LogP contribution in [0.2, 0.25) is 0 Å². The minimum Gasteiger partial charge on any atom is -0.395 e. The zero-order chi connectivity index (χ0) is 25.7. The number of unbranched alkanes of at least 4 members (excludes halogenated alkanes) is 4. The number of nitrogens with zero attached hydrogens (tertiary/aromatic N) is 5. The highest BCUT2D eigenvalue weighted by atomic mass is 32.2. The van der Waals surface area contributed by atoms with Crippen molar-refractivity contribution in [3.8, 4) is 0 Å². The topological polar surface area (TPSA) is 81.4 Å². The van der Waals surface area contributed by atoms with Crippen LogP contribution in [-0.4, -0.2) is 80.4 Å². The number of rotatable bonds is 10. The SMILES string of the molecule is CCCCCCCN1C(=O)/C(=C/c2c(N3CCN(CCO)CC3)nc3c(C)cccn3c2=O)SC1=S. The predicted molar refractivity (Wildman–Crippen MR) is 151 cm³/mol. The number of anilines is 1. The fourth-order valence-electron chi connectivity index (χ4n) is 4.69. The summed E-state index contributed by atoms with van der Waals surface area (Å²) in [6, 6.07) is 3.77. The highest BCUT2D eigenvalue weighted by molar-refractivity contribution is 8.26. The van der Waals surface area contributed by atoms with Crippen LogP contribution in [-0.2, 0) is 4.79 Å². The summed E-state index contributed by atoms with van der Waals surface area (Å²) in [4.78, 5) is 38.3. The number of pyridine rings is 1. The van der Waals surface area contributed by atoms with Crippen LogP contribution in [0.15, 0.2) is 28.0 Å². The Kier molecular flexibility index (Phi) is 9.16. The maximum atomic E-state index is 13.7. The van der Waals surface area contributed by atoms with Crippen LogP contribution >= 0.6 is 24.0 Å². The summed E-state index contributed by atoms with van der Waals surface area (Å²) < 4.78 is 2.10. The van der Waals surface area contributed by atoms with Crippen molar-refractivity contribution in [3.05, 3.63) is 44.7 Å². The third-order valence-corrected chi connectivity index (χ3v) is 8.16. The van der Waals surface area contributed by atoms with Gasteiger partial charge in [0.15, 0.2) is 0 Å². The van der Waals surface area contributed by atoms with Gasteiger partial charge in [-0.05, 0) is 31.1 Å². The van der Waals surface area contributed by atoms with Gasteiger partial charge in [-0.15, -0.1) is 0 Å². The third kappa shape index (κ3) is 5.82. The molecule has 2 aromatic rings. The highest BCUT2D eigenvalue weighted by Gasteiger charge is 2.33. The molecule has 1 amide bonds. The van der Waals surface area contributed by atoms with Crippen LogP contribution in [0.1, 0.15) is 50.2 Å². The molecule has 0 saturated carbocycles. The summed E-state index contributed by atoms with van der Waals surface area (Å²) in [6.45, 7) is 8.41. The molecular weight excluding hydrogens is 494 g/mol. The second kappa shape index (κ2) is 12.3. The molecule has 10 heteroatoms. The molecule has 8 nitrogen and oxygen atoms in total. The fraction of sp³-hybridized carbons (Fsp3) is 0.538. The first-order valence-corrected chi connectivity index (χ1v) is 14.0. The van der Waals surface area contributed by atoms with E-state index in [0.717, 1.165) is 37.9 Å². The molecule has 4 heterocycles. The van der Waals surface area contributed by atoms with Gasteiger partial charge in [0.2, 0.25) is 0 Å². The molecule has 0 atom stereocenters. The molecule has 2 fully saturated rings. The van der Waals surface area contributed by atoms with Crippen LogP contribution < -0.4 is 10.5 Å². The Labute approximate surface area is 222 Å². The Balaban J connectivity index is 1.66. The van der Waals surface area contributed by atoms with E-state index in [0.29, 0.717) is 52.4 Å². The zero-order valence-corrected chi connectivity index (χ0v) is 22.7. The molecule has 0 spiro atoms. The molecule has 194 valence electrons. The van der Waals surface area contributed by atoms with Crippen molar-refractivity contribution in [1.82, 2.24) is 19.2 Å². The van der Waals surface area contributed by atoms with E-state index in [9.17, 15) is 14.7 Å². The smallest absolute Gasteiger partial charge is 0.267 e. The van der Waals surface area contributed by atoms with Crippen LogP contribution in [0.5, 0.6) is 0 Å². The van der Waals surface area contributed by atoms with Crippen molar-refractivity contribution in [1.29, 1.82) is 0 Å². The maximum Gasteiger partial charge on any atom is 0.267 e. The van der Waals surface area contributed by atoms with Gasteiger partial charge < -0.3 is 10.0 Å². The third-order valence-electron chi connectivity index (χ3n) is 6.79. The van der Waals surface area contributed by atoms with Gasteiger partial charge in [-0.2, -0.15) is 0 Å².